The van der Waals surface area contributed by atoms with Gasteiger partial charge in [0.25, 0.3) is 0 Å². The first-order valence-corrected chi connectivity index (χ1v) is 6.46. The predicted molar refractivity (Wildman–Crippen MR) is 70.3 cm³/mol. The Kier molecular flexibility index (Phi) is 4.79. The third kappa shape index (κ3) is 4.52. The van der Waals surface area contributed by atoms with Gasteiger partial charge in [0.15, 0.2) is 0 Å². The average Bonchev–Trinajstić information content (AvgIpc) is 2.15. The third-order valence-electron chi connectivity index (χ3n) is 3.54. The van der Waals surface area contributed by atoms with E-state index >= 15 is 0 Å². The van der Waals surface area contributed by atoms with E-state index in [1.165, 1.54) is 18.4 Å². The van der Waals surface area contributed by atoms with Crippen LogP contribution in [0.3, 0.4) is 0 Å². The van der Waals surface area contributed by atoms with Gasteiger partial charge in [0.2, 0.25) is 0 Å². The summed E-state index contributed by atoms with van der Waals surface area (Å²) in [5.41, 5.74) is 0.868. The van der Waals surface area contributed by atoms with Gasteiger partial charge in [-0.3, -0.25) is 0 Å². The Bertz CT molecular complexity index is 268. The molecule has 0 aromatic heterocycles. The predicted octanol–water partition coefficient (Wildman–Crippen LogP) is 4.09. The van der Waals surface area contributed by atoms with Crippen molar-refractivity contribution in [3.63, 3.8) is 0 Å². The highest BCUT2D eigenvalue weighted by atomic mass is 16.3. The van der Waals surface area contributed by atoms with Gasteiger partial charge in [0, 0.05) is 5.92 Å². The SMILES string of the molecule is C/C1=C\CC[C@H](C)C=C[C@@H](C(C)(C)O)CC1. The maximum absolute atomic E-state index is 10.1. The van der Waals surface area contributed by atoms with Crippen molar-refractivity contribution in [3.05, 3.63) is 23.8 Å². The van der Waals surface area contributed by atoms with Crippen molar-refractivity contribution in [2.75, 3.05) is 0 Å². The fourth-order valence-electron chi connectivity index (χ4n) is 2.18. The molecule has 2 atom stereocenters. The van der Waals surface area contributed by atoms with Crippen molar-refractivity contribution in [1.29, 1.82) is 0 Å². The first kappa shape index (κ1) is 13.5. The van der Waals surface area contributed by atoms with Crippen LogP contribution < -0.4 is 0 Å². The highest BCUT2D eigenvalue weighted by molar-refractivity contribution is 5.05. The summed E-state index contributed by atoms with van der Waals surface area (Å²) in [7, 11) is 0. The minimum atomic E-state index is -0.601. The third-order valence-corrected chi connectivity index (χ3v) is 3.54. The van der Waals surface area contributed by atoms with E-state index in [2.05, 4.69) is 32.1 Å². The molecular weight excluding hydrogens is 196 g/mol. The smallest absolute Gasteiger partial charge is 0.0654 e. The molecule has 0 aromatic carbocycles. The molecule has 0 spiro atoms. The van der Waals surface area contributed by atoms with Gasteiger partial charge >= 0.3 is 0 Å². The van der Waals surface area contributed by atoms with E-state index in [-0.39, 0.29) is 5.92 Å². The monoisotopic (exact) mass is 222 g/mol. The Labute approximate surface area is 100 Å². The Morgan fingerprint density at radius 2 is 1.94 bits per heavy atom. The van der Waals surface area contributed by atoms with Gasteiger partial charge < -0.3 is 5.11 Å². The zero-order chi connectivity index (χ0) is 12.2. The molecule has 0 aliphatic heterocycles. The minimum absolute atomic E-state index is 0.274. The minimum Gasteiger partial charge on any atom is -0.390 e. The van der Waals surface area contributed by atoms with Crippen molar-refractivity contribution in [2.45, 2.75) is 59.0 Å². The molecule has 1 aliphatic carbocycles. The Morgan fingerprint density at radius 3 is 2.56 bits per heavy atom. The summed E-state index contributed by atoms with van der Waals surface area (Å²) in [6, 6.07) is 0. The molecule has 0 saturated carbocycles. The first-order chi connectivity index (χ1) is 7.39. The lowest BCUT2D eigenvalue weighted by Gasteiger charge is -2.27. The standard InChI is InChI=1S/C15H26O/c1-12-6-5-7-13(2)9-11-14(10-8-12)15(3,4)16/h6,9,11,13-14,16H,5,7-8,10H2,1-4H3/b11-9?,12-6+/t13-,14-/m0/s1. The quantitative estimate of drug-likeness (QED) is 0.663. The number of hydrogen-bond acceptors (Lipinski definition) is 1. The van der Waals surface area contributed by atoms with Crippen LogP contribution in [0.15, 0.2) is 23.8 Å². The molecule has 0 heterocycles. The number of hydrogen-bond donors (Lipinski definition) is 1. The van der Waals surface area contributed by atoms with Crippen LogP contribution in [-0.2, 0) is 0 Å². The molecule has 0 radical (unpaired) electrons. The maximum atomic E-state index is 10.1. The van der Waals surface area contributed by atoms with Gasteiger partial charge in [-0.15, -0.1) is 0 Å². The molecule has 0 amide bonds. The molecule has 0 aromatic rings. The lowest BCUT2D eigenvalue weighted by Crippen LogP contribution is -2.29. The van der Waals surface area contributed by atoms with E-state index < -0.39 is 5.60 Å². The second-order valence-corrected chi connectivity index (χ2v) is 5.79. The molecular formula is C15H26O. The molecule has 92 valence electrons. The summed E-state index contributed by atoms with van der Waals surface area (Å²) in [6.07, 6.45) is 11.4. The number of rotatable bonds is 1. The van der Waals surface area contributed by atoms with Gasteiger partial charge in [-0.25, -0.2) is 0 Å². The van der Waals surface area contributed by atoms with E-state index in [1.807, 2.05) is 13.8 Å². The summed E-state index contributed by atoms with van der Waals surface area (Å²) in [5.74, 6) is 0.892. The van der Waals surface area contributed by atoms with Crippen molar-refractivity contribution >= 4 is 0 Å². The van der Waals surface area contributed by atoms with Crippen LogP contribution in [0, 0.1) is 11.8 Å². The van der Waals surface area contributed by atoms with Crippen molar-refractivity contribution in [3.8, 4) is 0 Å². The van der Waals surface area contributed by atoms with Gasteiger partial charge in [-0.05, 0) is 52.4 Å². The molecule has 1 aliphatic rings. The summed E-state index contributed by atoms with van der Waals surface area (Å²) in [4.78, 5) is 0. The summed E-state index contributed by atoms with van der Waals surface area (Å²) in [5, 5.41) is 10.1. The fraction of sp³-hybridized carbons (Fsp3) is 0.733. The molecule has 0 fully saturated rings. The van der Waals surface area contributed by atoms with Crippen LogP contribution in [0.1, 0.15) is 53.4 Å². The Hall–Kier alpha value is -0.560. The zero-order valence-corrected chi connectivity index (χ0v) is 11.2. The van der Waals surface area contributed by atoms with E-state index in [0.717, 1.165) is 12.8 Å². The van der Waals surface area contributed by atoms with Crippen LogP contribution in [0.4, 0.5) is 0 Å². The molecule has 1 rings (SSSR count). The first-order valence-electron chi connectivity index (χ1n) is 6.46. The normalized spacial score (nSPS) is 31.9. The zero-order valence-electron chi connectivity index (χ0n) is 11.2. The van der Waals surface area contributed by atoms with Crippen LogP contribution in [-0.4, -0.2) is 10.7 Å². The Balaban J connectivity index is 2.76. The van der Waals surface area contributed by atoms with Crippen molar-refractivity contribution in [1.82, 2.24) is 0 Å². The summed E-state index contributed by atoms with van der Waals surface area (Å²) < 4.78 is 0. The van der Waals surface area contributed by atoms with Gasteiger partial charge in [0.1, 0.15) is 0 Å². The van der Waals surface area contributed by atoms with Crippen LogP contribution >= 0.6 is 0 Å². The van der Waals surface area contributed by atoms with Crippen molar-refractivity contribution in [2.24, 2.45) is 11.8 Å². The summed E-state index contributed by atoms with van der Waals surface area (Å²) >= 11 is 0. The highest BCUT2D eigenvalue weighted by Crippen LogP contribution is 2.27. The highest BCUT2D eigenvalue weighted by Gasteiger charge is 2.24. The molecule has 0 unspecified atom stereocenters. The van der Waals surface area contributed by atoms with Gasteiger partial charge in [-0.2, -0.15) is 0 Å². The second kappa shape index (κ2) is 5.67. The van der Waals surface area contributed by atoms with Gasteiger partial charge in [0.05, 0.1) is 5.60 Å². The number of aliphatic hydroxyl groups is 1. The molecule has 1 N–H and O–H groups in total. The van der Waals surface area contributed by atoms with Crippen LogP contribution in [0.5, 0.6) is 0 Å². The van der Waals surface area contributed by atoms with Crippen molar-refractivity contribution < 1.29 is 5.11 Å². The van der Waals surface area contributed by atoms with Crippen LogP contribution in [0.25, 0.3) is 0 Å². The van der Waals surface area contributed by atoms with E-state index in [1.54, 1.807) is 0 Å². The largest absolute Gasteiger partial charge is 0.390 e. The molecule has 16 heavy (non-hydrogen) atoms. The van der Waals surface area contributed by atoms with E-state index in [4.69, 9.17) is 0 Å². The fourth-order valence-corrected chi connectivity index (χ4v) is 2.18. The number of allylic oxidation sites excluding steroid dienone is 3. The Morgan fingerprint density at radius 1 is 1.25 bits per heavy atom. The topological polar surface area (TPSA) is 20.2 Å². The molecule has 0 saturated heterocycles. The van der Waals surface area contributed by atoms with E-state index in [0.29, 0.717) is 5.92 Å². The second-order valence-electron chi connectivity index (χ2n) is 5.79. The summed E-state index contributed by atoms with van der Waals surface area (Å²) in [6.45, 7) is 8.29. The molecule has 0 bridgehead atoms. The average molecular weight is 222 g/mol. The molecule has 1 heteroatoms. The lowest BCUT2D eigenvalue weighted by molar-refractivity contribution is 0.0336. The molecule has 1 nitrogen and oxygen atoms in total. The van der Waals surface area contributed by atoms with Gasteiger partial charge in [-0.1, -0.05) is 30.7 Å². The maximum Gasteiger partial charge on any atom is 0.0654 e. The van der Waals surface area contributed by atoms with E-state index in [9.17, 15) is 5.11 Å². The lowest BCUT2D eigenvalue weighted by atomic mass is 9.84. The van der Waals surface area contributed by atoms with Crippen LogP contribution in [0.2, 0.25) is 0 Å².